The van der Waals surface area contributed by atoms with Gasteiger partial charge in [-0.1, -0.05) is 70.4 Å². The molecule has 0 aliphatic heterocycles. The first-order valence-electron chi connectivity index (χ1n) is 9.79. The Kier molecular flexibility index (Phi) is 13.0. The molecule has 0 aliphatic carbocycles. The fraction of sp³-hybridized carbons (Fsp3) is 0.750. The number of ketones is 1. The molecule has 1 heterocycles. The van der Waals surface area contributed by atoms with Crippen molar-refractivity contribution in [1.82, 2.24) is 10.2 Å². The van der Waals surface area contributed by atoms with E-state index in [-0.39, 0.29) is 11.7 Å². The topological polar surface area (TPSA) is 56.0 Å². The lowest BCUT2D eigenvalue weighted by Gasteiger charge is -1.99. The SMILES string of the molecule is CCCCCCCCC=CCCCCCCCC(=O)c1nnco1. The van der Waals surface area contributed by atoms with Gasteiger partial charge in [0.25, 0.3) is 5.89 Å². The number of hydrogen-bond donors (Lipinski definition) is 0. The number of hydrogen-bond acceptors (Lipinski definition) is 4. The van der Waals surface area contributed by atoms with E-state index in [0.29, 0.717) is 6.42 Å². The van der Waals surface area contributed by atoms with E-state index in [9.17, 15) is 4.79 Å². The fourth-order valence-corrected chi connectivity index (χ4v) is 2.76. The van der Waals surface area contributed by atoms with Crippen LogP contribution >= 0.6 is 0 Å². The van der Waals surface area contributed by atoms with Crippen LogP contribution in [0.3, 0.4) is 0 Å². The fourth-order valence-electron chi connectivity index (χ4n) is 2.76. The molecule has 136 valence electrons. The molecule has 4 nitrogen and oxygen atoms in total. The van der Waals surface area contributed by atoms with Crippen LogP contribution in [0.25, 0.3) is 0 Å². The Morgan fingerprint density at radius 1 is 0.917 bits per heavy atom. The first-order chi connectivity index (χ1) is 11.8. The third-order valence-corrected chi connectivity index (χ3v) is 4.26. The van der Waals surface area contributed by atoms with Crippen LogP contribution in [-0.4, -0.2) is 16.0 Å². The summed E-state index contributed by atoms with van der Waals surface area (Å²) in [7, 11) is 0. The third-order valence-electron chi connectivity index (χ3n) is 4.26. The lowest BCUT2D eigenvalue weighted by atomic mass is 10.1. The molecule has 4 heteroatoms. The largest absolute Gasteiger partial charge is 0.421 e. The molecule has 0 aliphatic rings. The van der Waals surface area contributed by atoms with E-state index in [4.69, 9.17) is 4.42 Å². The average molecular weight is 335 g/mol. The van der Waals surface area contributed by atoms with Crippen molar-refractivity contribution in [3.63, 3.8) is 0 Å². The summed E-state index contributed by atoms with van der Waals surface area (Å²) < 4.78 is 4.89. The van der Waals surface area contributed by atoms with Gasteiger partial charge < -0.3 is 4.42 Å². The highest BCUT2D eigenvalue weighted by Crippen LogP contribution is 2.11. The second-order valence-electron chi connectivity index (χ2n) is 6.50. The van der Waals surface area contributed by atoms with Crippen LogP contribution in [0.2, 0.25) is 0 Å². The monoisotopic (exact) mass is 334 g/mol. The van der Waals surface area contributed by atoms with Gasteiger partial charge in [0, 0.05) is 6.42 Å². The van der Waals surface area contributed by atoms with Gasteiger partial charge in [0.2, 0.25) is 12.2 Å². The molecule has 1 rings (SSSR count). The smallest absolute Gasteiger partial charge is 0.283 e. The van der Waals surface area contributed by atoms with E-state index < -0.39 is 0 Å². The molecule has 0 saturated carbocycles. The molecule has 0 atom stereocenters. The van der Waals surface area contributed by atoms with Crippen LogP contribution in [0.4, 0.5) is 0 Å². The lowest BCUT2D eigenvalue weighted by Crippen LogP contribution is -1.99. The number of allylic oxidation sites excluding steroid dienone is 2. The van der Waals surface area contributed by atoms with Crippen molar-refractivity contribution in [3.8, 4) is 0 Å². The van der Waals surface area contributed by atoms with Crippen LogP contribution in [0.5, 0.6) is 0 Å². The molecule has 0 saturated heterocycles. The highest BCUT2D eigenvalue weighted by molar-refractivity contribution is 5.91. The van der Waals surface area contributed by atoms with Crippen molar-refractivity contribution in [3.05, 3.63) is 24.4 Å². The van der Waals surface area contributed by atoms with Crippen molar-refractivity contribution in [2.75, 3.05) is 0 Å². The number of carbonyl (C=O) groups is 1. The predicted molar refractivity (Wildman–Crippen MR) is 98.1 cm³/mol. The number of nitrogens with zero attached hydrogens (tertiary/aromatic N) is 2. The molecule has 1 aromatic rings. The first-order valence-corrected chi connectivity index (χ1v) is 9.79. The van der Waals surface area contributed by atoms with Gasteiger partial charge in [-0.05, 0) is 32.1 Å². The Hall–Kier alpha value is -1.45. The second-order valence-corrected chi connectivity index (χ2v) is 6.50. The molecular weight excluding hydrogens is 300 g/mol. The summed E-state index contributed by atoms with van der Waals surface area (Å²) in [5.74, 6) is 0.107. The number of unbranched alkanes of at least 4 members (excludes halogenated alkanes) is 11. The minimum atomic E-state index is -0.0369. The second kappa shape index (κ2) is 15.1. The highest BCUT2D eigenvalue weighted by Gasteiger charge is 2.10. The predicted octanol–water partition coefficient (Wildman–Crippen LogP) is 6.29. The zero-order valence-corrected chi connectivity index (χ0v) is 15.3. The van der Waals surface area contributed by atoms with E-state index in [1.165, 1.54) is 77.0 Å². The van der Waals surface area contributed by atoms with Gasteiger partial charge in [0.05, 0.1) is 0 Å². The number of Topliss-reactive ketones (excluding diaryl/α,β-unsaturated/α-hetero) is 1. The van der Waals surface area contributed by atoms with Crippen LogP contribution in [-0.2, 0) is 0 Å². The van der Waals surface area contributed by atoms with Crippen molar-refractivity contribution in [2.24, 2.45) is 0 Å². The summed E-state index contributed by atoms with van der Waals surface area (Å²) in [6.45, 7) is 2.26. The van der Waals surface area contributed by atoms with Gasteiger partial charge in [-0.25, -0.2) is 0 Å². The van der Waals surface area contributed by atoms with E-state index in [1.807, 2.05) is 0 Å². The van der Waals surface area contributed by atoms with E-state index >= 15 is 0 Å². The molecule has 0 fully saturated rings. The van der Waals surface area contributed by atoms with Gasteiger partial charge in [-0.15, -0.1) is 10.2 Å². The maximum absolute atomic E-state index is 11.6. The molecule has 1 aromatic heterocycles. The highest BCUT2D eigenvalue weighted by atomic mass is 16.4. The zero-order valence-electron chi connectivity index (χ0n) is 15.3. The molecule has 0 unspecified atom stereocenters. The van der Waals surface area contributed by atoms with Crippen LogP contribution in [0.1, 0.15) is 108 Å². The Bertz CT molecular complexity index is 427. The van der Waals surface area contributed by atoms with Crippen molar-refractivity contribution in [1.29, 1.82) is 0 Å². The molecule has 0 spiro atoms. The first kappa shape index (κ1) is 20.6. The number of aromatic nitrogens is 2. The Labute approximate surface area is 147 Å². The normalized spacial score (nSPS) is 11.4. The quantitative estimate of drug-likeness (QED) is 0.202. The molecule has 0 amide bonds. The summed E-state index contributed by atoms with van der Waals surface area (Å²) >= 11 is 0. The van der Waals surface area contributed by atoms with Crippen molar-refractivity contribution >= 4 is 5.78 Å². The molecule has 0 aromatic carbocycles. The molecule has 0 N–H and O–H groups in total. The van der Waals surface area contributed by atoms with Crippen LogP contribution in [0, 0.1) is 0 Å². The minimum absolute atomic E-state index is 0.0369. The molecule has 24 heavy (non-hydrogen) atoms. The minimum Gasteiger partial charge on any atom is -0.421 e. The summed E-state index contributed by atoms with van der Waals surface area (Å²) in [5, 5.41) is 7.15. The van der Waals surface area contributed by atoms with Gasteiger partial charge in [-0.3, -0.25) is 4.79 Å². The van der Waals surface area contributed by atoms with Crippen molar-refractivity contribution in [2.45, 2.75) is 96.8 Å². The summed E-state index contributed by atoms with van der Waals surface area (Å²) in [6.07, 6.45) is 22.8. The van der Waals surface area contributed by atoms with Gasteiger partial charge >= 0.3 is 0 Å². The van der Waals surface area contributed by atoms with Gasteiger partial charge in [0.15, 0.2) is 0 Å². The molecule has 0 radical (unpaired) electrons. The molecule has 0 bridgehead atoms. The summed E-state index contributed by atoms with van der Waals surface area (Å²) in [5.41, 5.74) is 0. The van der Waals surface area contributed by atoms with Gasteiger partial charge in [-0.2, -0.15) is 0 Å². The van der Waals surface area contributed by atoms with E-state index in [0.717, 1.165) is 12.8 Å². The Balaban J connectivity index is 1.80. The molecular formula is C20H34N2O2. The van der Waals surface area contributed by atoms with Crippen molar-refractivity contribution < 1.29 is 9.21 Å². The average Bonchev–Trinajstić information content (AvgIpc) is 3.13. The van der Waals surface area contributed by atoms with E-state index in [2.05, 4.69) is 29.3 Å². The summed E-state index contributed by atoms with van der Waals surface area (Å²) in [4.78, 5) is 11.6. The van der Waals surface area contributed by atoms with Crippen LogP contribution in [0.15, 0.2) is 23.0 Å². The number of carbonyl (C=O) groups excluding carboxylic acids is 1. The maximum atomic E-state index is 11.6. The lowest BCUT2D eigenvalue weighted by molar-refractivity contribution is 0.0945. The zero-order chi connectivity index (χ0) is 17.3. The van der Waals surface area contributed by atoms with Crippen LogP contribution < -0.4 is 0 Å². The third kappa shape index (κ3) is 11.1. The Morgan fingerprint density at radius 3 is 2.08 bits per heavy atom. The van der Waals surface area contributed by atoms with Gasteiger partial charge in [0.1, 0.15) is 0 Å². The standard InChI is InChI=1S/C20H34N2O2/c1-2-3-4-5-6-7-8-9-10-11-12-13-14-15-16-17-19(23)20-22-21-18-24-20/h9-10,18H,2-8,11-17H2,1H3. The maximum Gasteiger partial charge on any atom is 0.283 e. The number of rotatable bonds is 16. The van der Waals surface area contributed by atoms with E-state index in [1.54, 1.807) is 0 Å². The summed E-state index contributed by atoms with van der Waals surface area (Å²) in [6, 6.07) is 0. The Morgan fingerprint density at radius 2 is 1.50 bits per heavy atom.